The molecular weight excluding hydrogens is 422 g/mol. The Hall–Kier alpha value is -4.20. The second kappa shape index (κ2) is 10.4. The van der Waals surface area contributed by atoms with Crippen LogP contribution in [0.1, 0.15) is 31.1 Å². The number of anilines is 2. The van der Waals surface area contributed by atoms with Crippen molar-refractivity contribution >= 4 is 34.9 Å². The first-order valence-electron chi connectivity index (χ1n) is 10.4. The highest BCUT2D eigenvalue weighted by atomic mass is 16.5. The average molecular weight is 447 g/mol. The highest BCUT2D eigenvalue weighted by Gasteiger charge is 2.29. The van der Waals surface area contributed by atoms with E-state index in [1.54, 1.807) is 68.6 Å². The number of ether oxygens (including phenoxy) is 1. The maximum absolute atomic E-state index is 12.9. The monoisotopic (exact) mass is 447 g/mol. The summed E-state index contributed by atoms with van der Waals surface area (Å²) in [5.74, 6) is -2.57. The molecule has 170 valence electrons. The molecule has 0 saturated heterocycles. The van der Waals surface area contributed by atoms with Gasteiger partial charge in [-0.2, -0.15) is 0 Å². The highest BCUT2D eigenvalue weighted by Crippen LogP contribution is 2.23. The van der Waals surface area contributed by atoms with E-state index < -0.39 is 23.7 Å². The maximum atomic E-state index is 12.9. The maximum Gasteiger partial charge on any atom is 0.338 e. The third-order valence-corrected chi connectivity index (χ3v) is 4.60. The van der Waals surface area contributed by atoms with Gasteiger partial charge in [-0.1, -0.05) is 18.2 Å². The number of carbonyl (C=O) groups excluding carboxylic acids is 3. The molecule has 0 bridgehead atoms. The first-order chi connectivity index (χ1) is 15.7. The van der Waals surface area contributed by atoms with E-state index in [2.05, 4.69) is 10.6 Å². The molecule has 3 aromatic rings. The molecule has 0 spiro atoms. The van der Waals surface area contributed by atoms with Crippen molar-refractivity contribution in [1.29, 1.82) is 5.41 Å². The predicted molar refractivity (Wildman–Crippen MR) is 125 cm³/mol. The minimum Gasteiger partial charge on any atom is -0.464 e. The lowest BCUT2D eigenvalue weighted by Crippen LogP contribution is -2.38. The quantitative estimate of drug-likeness (QED) is 0.261. The largest absolute Gasteiger partial charge is 0.464 e. The van der Waals surface area contributed by atoms with Gasteiger partial charge in [-0.25, -0.2) is 4.79 Å². The Labute approximate surface area is 191 Å². The number of hydrogen-bond donors (Lipinski definition) is 3. The lowest BCUT2D eigenvalue weighted by atomic mass is 10.0. The summed E-state index contributed by atoms with van der Waals surface area (Å²) in [5.41, 5.74) is 1.69. The Morgan fingerprint density at radius 2 is 1.55 bits per heavy atom. The Balaban J connectivity index is 1.73. The van der Waals surface area contributed by atoms with E-state index in [4.69, 9.17) is 14.6 Å². The molecule has 0 aliphatic rings. The van der Waals surface area contributed by atoms with Gasteiger partial charge in [0.2, 0.25) is 11.8 Å². The standard InChI is InChI=1S/C25H25N3O5/c1-15(2)33-25(31)18-8-5-10-20(14-18)28-24(30)22(16(3)26)23(29)27-19-9-4-7-17(13-19)21-11-6-12-32-21/h4-15,22,26H,1-3H3,(H,27,29)(H,28,30). The summed E-state index contributed by atoms with van der Waals surface area (Å²) in [6.07, 6.45) is 1.27. The molecule has 3 rings (SSSR count). The molecule has 2 amide bonds. The average Bonchev–Trinajstić information content (AvgIpc) is 3.28. The summed E-state index contributed by atoms with van der Waals surface area (Å²) in [4.78, 5) is 37.8. The summed E-state index contributed by atoms with van der Waals surface area (Å²) in [6, 6.07) is 16.8. The van der Waals surface area contributed by atoms with Crippen LogP contribution in [0.15, 0.2) is 71.3 Å². The van der Waals surface area contributed by atoms with E-state index in [-0.39, 0.29) is 17.4 Å². The van der Waals surface area contributed by atoms with Crippen LogP contribution >= 0.6 is 0 Å². The summed E-state index contributed by atoms with van der Waals surface area (Å²) in [5, 5.41) is 13.3. The minimum atomic E-state index is -1.36. The van der Waals surface area contributed by atoms with Crippen LogP contribution in [0.3, 0.4) is 0 Å². The zero-order valence-corrected chi connectivity index (χ0v) is 18.5. The molecule has 2 aromatic carbocycles. The van der Waals surface area contributed by atoms with Gasteiger partial charge in [-0.05, 0) is 63.2 Å². The summed E-state index contributed by atoms with van der Waals surface area (Å²) >= 11 is 0. The Morgan fingerprint density at radius 3 is 2.12 bits per heavy atom. The number of nitrogens with one attached hydrogen (secondary N) is 3. The van der Waals surface area contributed by atoms with Crippen molar-refractivity contribution in [3.8, 4) is 11.3 Å². The molecule has 8 heteroatoms. The molecule has 0 aliphatic heterocycles. The zero-order chi connectivity index (χ0) is 24.0. The lowest BCUT2D eigenvalue weighted by molar-refractivity contribution is -0.126. The lowest BCUT2D eigenvalue weighted by Gasteiger charge is -2.16. The van der Waals surface area contributed by atoms with Gasteiger partial charge in [-0.3, -0.25) is 9.59 Å². The fourth-order valence-electron chi connectivity index (χ4n) is 3.14. The van der Waals surface area contributed by atoms with E-state index in [9.17, 15) is 14.4 Å². The molecule has 0 fully saturated rings. The number of esters is 1. The normalized spacial score (nSPS) is 11.5. The molecule has 1 atom stereocenters. The molecule has 1 unspecified atom stereocenters. The van der Waals surface area contributed by atoms with E-state index >= 15 is 0 Å². The van der Waals surface area contributed by atoms with Crippen molar-refractivity contribution in [2.45, 2.75) is 26.9 Å². The molecular formula is C25H25N3O5. The van der Waals surface area contributed by atoms with Gasteiger partial charge in [0.25, 0.3) is 0 Å². The van der Waals surface area contributed by atoms with E-state index in [1.165, 1.54) is 13.0 Å². The van der Waals surface area contributed by atoms with Crippen LogP contribution in [0, 0.1) is 11.3 Å². The molecule has 0 saturated carbocycles. The van der Waals surface area contributed by atoms with Gasteiger partial charge < -0.3 is 25.2 Å². The number of benzene rings is 2. The van der Waals surface area contributed by atoms with Crippen LogP contribution in [0.2, 0.25) is 0 Å². The van der Waals surface area contributed by atoms with Gasteiger partial charge in [-0.15, -0.1) is 0 Å². The van der Waals surface area contributed by atoms with Crippen LogP contribution in [0.25, 0.3) is 11.3 Å². The Kier molecular flexibility index (Phi) is 7.40. The molecule has 1 heterocycles. The molecule has 33 heavy (non-hydrogen) atoms. The van der Waals surface area contributed by atoms with Crippen molar-refractivity contribution in [1.82, 2.24) is 0 Å². The first-order valence-corrected chi connectivity index (χ1v) is 10.4. The second-order valence-corrected chi connectivity index (χ2v) is 7.69. The predicted octanol–water partition coefficient (Wildman–Crippen LogP) is 4.74. The third-order valence-electron chi connectivity index (χ3n) is 4.60. The van der Waals surface area contributed by atoms with Crippen molar-refractivity contribution in [3.05, 3.63) is 72.5 Å². The molecule has 3 N–H and O–H groups in total. The summed E-state index contributed by atoms with van der Waals surface area (Å²) in [6.45, 7) is 4.87. The number of hydrogen-bond acceptors (Lipinski definition) is 6. The van der Waals surface area contributed by atoms with Crippen LogP contribution < -0.4 is 10.6 Å². The van der Waals surface area contributed by atoms with Crippen molar-refractivity contribution in [2.24, 2.45) is 5.92 Å². The fourth-order valence-corrected chi connectivity index (χ4v) is 3.14. The van der Waals surface area contributed by atoms with Gasteiger partial charge in [0, 0.05) is 22.6 Å². The Bertz CT molecular complexity index is 1170. The fraction of sp³-hybridized carbons (Fsp3) is 0.200. The number of rotatable bonds is 8. The zero-order valence-electron chi connectivity index (χ0n) is 18.5. The third kappa shape index (κ3) is 6.16. The SMILES string of the molecule is CC(=N)C(C(=O)Nc1cccc(C(=O)OC(C)C)c1)C(=O)Nc1cccc(-c2ccco2)c1. The van der Waals surface area contributed by atoms with Crippen molar-refractivity contribution in [3.63, 3.8) is 0 Å². The topological polar surface area (TPSA) is 121 Å². The highest BCUT2D eigenvalue weighted by molar-refractivity contribution is 6.24. The Morgan fingerprint density at radius 1 is 0.909 bits per heavy atom. The second-order valence-electron chi connectivity index (χ2n) is 7.69. The first kappa shape index (κ1) is 23.5. The smallest absolute Gasteiger partial charge is 0.338 e. The molecule has 0 aliphatic carbocycles. The number of carbonyl (C=O) groups is 3. The van der Waals surface area contributed by atoms with E-state index in [0.29, 0.717) is 17.1 Å². The van der Waals surface area contributed by atoms with Gasteiger partial charge in [0.1, 0.15) is 5.76 Å². The van der Waals surface area contributed by atoms with Gasteiger partial charge in [0.05, 0.1) is 17.9 Å². The van der Waals surface area contributed by atoms with Crippen LogP contribution in [0.5, 0.6) is 0 Å². The van der Waals surface area contributed by atoms with Gasteiger partial charge >= 0.3 is 5.97 Å². The van der Waals surface area contributed by atoms with Crippen LogP contribution in [0.4, 0.5) is 11.4 Å². The van der Waals surface area contributed by atoms with Crippen LogP contribution in [-0.4, -0.2) is 29.6 Å². The van der Waals surface area contributed by atoms with Crippen molar-refractivity contribution in [2.75, 3.05) is 10.6 Å². The van der Waals surface area contributed by atoms with E-state index in [1.807, 2.05) is 6.07 Å². The molecule has 8 nitrogen and oxygen atoms in total. The van der Waals surface area contributed by atoms with Crippen LogP contribution in [-0.2, 0) is 14.3 Å². The number of amides is 2. The van der Waals surface area contributed by atoms with Crippen molar-refractivity contribution < 1.29 is 23.5 Å². The summed E-state index contributed by atoms with van der Waals surface area (Å²) < 4.78 is 10.5. The number of furan rings is 1. The minimum absolute atomic E-state index is 0.123. The van der Waals surface area contributed by atoms with Gasteiger partial charge in [0.15, 0.2) is 5.92 Å². The summed E-state index contributed by atoms with van der Waals surface area (Å²) in [7, 11) is 0. The van der Waals surface area contributed by atoms with E-state index in [0.717, 1.165) is 5.56 Å². The molecule has 1 aromatic heterocycles. The molecule has 0 radical (unpaired) electrons.